The fourth-order valence-electron chi connectivity index (χ4n) is 1.88. The van der Waals surface area contributed by atoms with Crippen LogP contribution in [-0.4, -0.2) is 23.7 Å². The molecule has 0 fully saturated rings. The molecule has 9 heteroatoms. The minimum Gasteiger partial charge on any atom is -0.384 e. The van der Waals surface area contributed by atoms with Crippen LogP contribution in [0.2, 0.25) is 0 Å². The van der Waals surface area contributed by atoms with Gasteiger partial charge in [0.2, 0.25) is 0 Å². The van der Waals surface area contributed by atoms with E-state index in [9.17, 15) is 21.6 Å². The molecule has 0 bridgehead atoms. The normalized spacial score (nSPS) is 13.3. The monoisotopic (exact) mass is 347 g/mol. The Bertz CT molecular complexity index is 834. The number of hydrogen-bond donors (Lipinski definition) is 1. The third kappa shape index (κ3) is 3.19. The maximum Gasteiger partial charge on any atom is 0.501 e. The number of alkyl halides is 3. The van der Waals surface area contributed by atoms with E-state index in [2.05, 4.69) is 5.10 Å². The number of anilines is 1. The van der Waals surface area contributed by atoms with Gasteiger partial charge in [-0.05, 0) is 18.2 Å². The van der Waals surface area contributed by atoms with Gasteiger partial charge in [-0.25, -0.2) is 13.1 Å². The minimum atomic E-state index is -5.42. The second-order valence-electron chi connectivity index (χ2n) is 6.06. The maximum atomic E-state index is 12.7. The van der Waals surface area contributed by atoms with Gasteiger partial charge < -0.3 is 5.73 Å². The summed E-state index contributed by atoms with van der Waals surface area (Å²) in [7, 11) is -5.42. The Morgan fingerprint density at radius 1 is 1.13 bits per heavy atom. The summed E-state index contributed by atoms with van der Waals surface area (Å²) in [5.74, 6) is 0.205. The second kappa shape index (κ2) is 5.26. The van der Waals surface area contributed by atoms with Crippen molar-refractivity contribution >= 4 is 15.7 Å². The lowest BCUT2D eigenvalue weighted by Gasteiger charge is -2.14. The van der Waals surface area contributed by atoms with E-state index in [1.165, 1.54) is 16.8 Å². The summed E-state index contributed by atoms with van der Waals surface area (Å²) in [4.78, 5) is -0.852. The zero-order valence-corrected chi connectivity index (χ0v) is 13.5. The molecule has 0 atom stereocenters. The first-order valence-electron chi connectivity index (χ1n) is 6.62. The molecule has 2 aromatic rings. The van der Waals surface area contributed by atoms with Crippen LogP contribution in [0.3, 0.4) is 0 Å². The predicted molar refractivity (Wildman–Crippen MR) is 79.9 cm³/mol. The first-order chi connectivity index (χ1) is 10.3. The van der Waals surface area contributed by atoms with Crippen LogP contribution in [0.1, 0.15) is 26.5 Å². The van der Waals surface area contributed by atoms with Gasteiger partial charge in [0.15, 0.2) is 0 Å². The quantitative estimate of drug-likeness (QED) is 0.906. The van der Waals surface area contributed by atoms with E-state index in [-0.39, 0.29) is 16.9 Å². The summed E-state index contributed by atoms with van der Waals surface area (Å²) in [6.45, 7) is 5.72. The molecule has 23 heavy (non-hydrogen) atoms. The number of halogens is 3. The number of nitrogen functional groups attached to an aromatic ring is 1. The molecule has 0 aliphatic heterocycles. The Morgan fingerprint density at radius 2 is 1.74 bits per heavy atom. The summed E-state index contributed by atoms with van der Waals surface area (Å²) in [6.07, 6.45) is 0. The molecule has 0 radical (unpaired) electrons. The zero-order chi connectivity index (χ0) is 17.6. The SMILES string of the molecule is CC(C)(C)c1cc(N)n(-c2cccc(S(=O)(=O)C(F)(F)F)c2)n1. The van der Waals surface area contributed by atoms with Crippen molar-refractivity contribution in [1.29, 1.82) is 0 Å². The molecular formula is C14H16F3N3O2S. The van der Waals surface area contributed by atoms with Crippen LogP contribution in [0.4, 0.5) is 19.0 Å². The van der Waals surface area contributed by atoms with Crippen molar-refractivity contribution in [2.24, 2.45) is 0 Å². The highest BCUT2D eigenvalue weighted by Crippen LogP contribution is 2.31. The van der Waals surface area contributed by atoms with E-state index >= 15 is 0 Å². The van der Waals surface area contributed by atoms with Crippen molar-refractivity contribution in [3.63, 3.8) is 0 Å². The summed E-state index contributed by atoms with van der Waals surface area (Å²) >= 11 is 0. The van der Waals surface area contributed by atoms with Crippen LogP contribution in [0.5, 0.6) is 0 Å². The third-order valence-corrected chi connectivity index (χ3v) is 4.67. The van der Waals surface area contributed by atoms with Crippen molar-refractivity contribution < 1.29 is 21.6 Å². The molecule has 0 amide bonds. The lowest BCUT2D eigenvalue weighted by molar-refractivity contribution is -0.0436. The Kier molecular flexibility index (Phi) is 3.96. The molecular weight excluding hydrogens is 331 g/mol. The van der Waals surface area contributed by atoms with E-state index in [1.54, 1.807) is 6.07 Å². The van der Waals surface area contributed by atoms with E-state index in [4.69, 9.17) is 5.73 Å². The van der Waals surface area contributed by atoms with Gasteiger partial charge in [-0.15, -0.1) is 0 Å². The summed E-state index contributed by atoms with van der Waals surface area (Å²) < 4.78 is 62.2. The Balaban J connectivity index is 2.57. The van der Waals surface area contributed by atoms with Crippen LogP contribution in [-0.2, 0) is 15.3 Å². The molecule has 1 aromatic heterocycles. The topological polar surface area (TPSA) is 78.0 Å². The van der Waals surface area contributed by atoms with Gasteiger partial charge in [-0.1, -0.05) is 26.8 Å². The number of rotatable bonds is 2. The molecule has 5 nitrogen and oxygen atoms in total. The van der Waals surface area contributed by atoms with E-state index < -0.39 is 20.2 Å². The van der Waals surface area contributed by atoms with Crippen molar-refractivity contribution in [2.45, 2.75) is 36.6 Å². The Hall–Kier alpha value is -2.03. The maximum absolute atomic E-state index is 12.7. The average Bonchev–Trinajstić information content (AvgIpc) is 2.79. The van der Waals surface area contributed by atoms with Crippen LogP contribution in [0, 0.1) is 0 Å². The molecule has 0 saturated heterocycles. The number of sulfone groups is 1. The lowest BCUT2D eigenvalue weighted by atomic mass is 9.92. The van der Waals surface area contributed by atoms with Gasteiger partial charge in [0.1, 0.15) is 5.82 Å². The zero-order valence-electron chi connectivity index (χ0n) is 12.7. The largest absolute Gasteiger partial charge is 0.501 e. The molecule has 0 unspecified atom stereocenters. The standard InChI is InChI=1S/C14H16F3N3O2S/c1-13(2,3)11-8-12(18)20(19-11)9-5-4-6-10(7-9)23(21,22)14(15,16)17/h4-8H,18H2,1-3H3. The molecule has 1 heterocycles. The first kappa shape index (κ1) is 17.3. The van der Waals surface area contributed by atoms with Crippen LogP contribution < -0.4 is 5.73 Å². The van der Waals surface area contributed by atoms with Crippen molar-refractivity contribution in [1.82, 2.24) is 9.78 Å². The van der Waals surface area contributed by atoms with Gasteiger partial charge in [0.05, 0.1) is 16.3 Å². The Morgan fingerprint density at radius 3 is 2.22 bits per heavy atom. The number of hydrogen-bond acceptors (Lipinski definition) is 4. The number of aromatic nitrogens is 2. The van der Waals surface area contributed by atoms with E-state index in [0.29, 0.717) is 5.69 Å². The molecule has 1 aromatic carbocycles. The van der Waals surface area contributed by atoms with E-state index in [0.717, 1.165) is 12.1 Å². The predicted octanol–water partition coefficient (Wildman–Crippen LogP) is 3.05. The molecule has 0 saturated carbocycles. The molecule has 0 aliphatic rings. The van der Waals surface area contributed by atoms with E-state index in [1.807, 2.05) is 20.8 Å². The average molecular weight is 347 g/mol. The number of benzene rings is 1. The minimum absolute atomic E-state index is 0.142. The van der Waals surface area contributed by atoms with Crippen molar-refractivity contribution in [2.75, 3.05) is 5.73 Å². The van der Waals surface area contributed by atoms with Crippen LogP contribution in [0.25, 0.3) is 5.69 Å². The van der Waals surface area contributed by atoms with Gasteiger partial charge in [0.25, 0.3) is 9.84 Å². The molecule has 0 aliphatic carbocycles. The van der Waals surface area contributed by atoms with Gasteiger partial charge in [-0.3, -0.25) is 0 Å². The summed E-state index contributed by atoms with van der Waals surface area (Å²) in [5.41, 5.74) is 0.950. The molecule has 2 N–H and O–H groups in total. The second-order valence-corrected chi connectivity index (χ2v) is 8.00. The number of nitrogens with two attached hydrogens (primary N) is 1. The van der Waals surface area contributed by atoms with Crippen molar-refractivity contribution in [3.05, 3.63) is 36.0 Å². The highest BCUT2D eigenvalue weighted by atomic mass is 32.2. The fraction of sp³-hybridized carbons (Fsp3) is 0.357. The smallest absolute Gasteiger partial charge is 0.384 e. The Labute approximate surface area is 131 Å². The highest BCUT2D eigenvalue weighted by molar-refractivity contribution is 7.92. The van der Waals surface area contributed by atoms with Crippen LogP contribution in [0.15, 0.2) is 35.2 Å². The number of nitrogens with zero attached hydrogens (tertiary/aromatic N) is 2. The first-order valence-corrected chi connectivity index (χ1v) is 8.10. The van der Waals surface area contributed by atoms with Crippen LogP contribution >= 0.6 is 0 Å². The highest BCUT2D eigenvalue weighted by Gasteiger charge is 2.46. The van der Waals surface area contributed by atoms with Gasteiger partial charge >= 0.3 is 5.51 Å². The summed E-state index contributed by atoms with van der Waals surface area (Å²) in [6, 6.07) is 6.04. The van der Waals surface area contributed by atoms with Gasteiger partial charge in [0, 0.05) is 11.5 Å². The molecule has 0 spiro atoms. The lowest BCUT2D eigenvalue weighted by Crippen LogP contribution is -2.23. The fourth-order valence-corrected chi connectivity index (χ4v) is 2.69. The molecule has 126 valence electrons. The van der Waals surface area contributed by atoms with Crippen molar-refractivity contribution in [3.8, 4) is 5.69 Å². The third-order valence-electron chi connectivity index (χ3n) is 3.18. The summed E-state index contributed by atoms with van der Waals surface area (Å²) in [5, 5.41) is 4.25. The molecule has 2 rings (SSSR count). The van der Waals surface area contributed by atoms with Gasteiger partial charge in [-0.2, -0.15) is 18.3 Å².